The second-order valence-corrected chi connectivity index (χ2v) is 7.97. The van der Waals surface area contributed by atoms with Gasteiger partial charge in [-0.15, -0.1) is 10.2 Å². The zero-order valence-electron chi connectivity index (χ0n) is 14.2. The van der Waals surface area contributed by atoms with Crippen molar-refractivity contribution in [2.75, 3.05) is 17.7 Å². The predicted molar refractivity (Wildman–Crippen MR) is 112 cm³/mol. The highest BCUT2D eigenvalue weighted by molar-refractivity contribution is 8.01. The first-order chi connectivity index (χ1) is 13.2. The number of carbonyl (C=O) groups is 1. The average Bonchev–Trinajstić information content (AvgIpc) is 3.13. The lowest BCUT2D eigenvalue weighted by Gasteiger charge is -2.05. The molecule has 1 aromatic heterocycles. The number of benzene rings is 2. The van der Waals surface area contributed by atoms with Crippen molar-refractivity contribution in [3.8, 4) is 5.75 Å². The number of amides is 1. The summed E-state index contributed by atoms with van der Waals surface area (Å²) in [5, 5.41) is 11.8. The van der Waals surface area contributed by atoms with Gasteiger partial charge in [-0.05, 0) is 29.8 Å². The Kier molecular flexibility index (Phi) is 7.27. The number of aromatic nitrogens is 2. The van der Waals surface area contributed by atoms with Crippen molar-refractivity contribution in [2.45, 2.75) is 4.34 Å². The molecular weight excluding hydrogens is 402 g/mol. The molecule has 0 bridgehead atoms. The maximum absolute atomic E-state index is 11.9. The summed E-state index contributed by atoms with van der Waals surface area (Å²) in [6, 6.07) is 16.9. The van der Waals surface area contributed by atoms with E-state index in [9.17, 15) is 4.79 Å². The molecule has 5 nitrogen and oxygen atoms in total. The van der Waals surface area contributed by atoms with Gasteiger partial charge in [0.2, 0.25) is 5.13 Å². The molecule has 0 atom stereocenters. The van der Waals surface area contributed by atoms with Crippen LogP contribution in [0, 0.1) is 0 Å². The second kappa shape index (κ2) is 10.1. The SMILES string of the molecule is O=C(COc1ccc(Cl)cc1)Nc1nnc(SCC=Cc2ccccc2)s1. The van der Waals surface area contributed by atoms with Gasteiger partial charge < -0.3 is 4.74 Å². The van der Waals surface area contributed by atoms with Crippen LogP contribution >= 0.6 is 34.7 Å². The number of hydrogen-bond acceptors (Lipinski definition) is 6. The van der Waals surface area contributed by atoms with Crippen LogP contribution in [0.3, 0.4) is 0 Å². The monoisotopic (exact) mass is 417 g/mol. The van der Waals surface area contributed by atoms with Crippen LogP contribution in [-0.2, 0) is 4.79 Å². The van der Waals surface area contributed by atoms with Gasteiger partial charge in [-0.3, -0.25) is 10.1 Å². The van der Waals surface area contributed by atoms with E-state index in [-0.39, 0.29) is 12.5 Å². The van der Waals surface area contributed by atoms with Gasteiger partial charge in [-0.1, -0.05) is 77.2 Å². The Morgan fingerprint density at radius 3 is 2.70 bits per heavy atom. The van der Waals surface area contributed by atoms with Crippen molar-refractivity contribution in [1.29, 1.82) is 0 Å². The molecule has 0 saturated heterocycles. The first-order valence-electron chi connectivity index (χ1n) is 8.05. The standard InChI is InChI=1S/C19H16ClN3O2S2/c20-15-8-10-16(11-9-15)25-13-17(24)21-18-22-23-19(27-18)26-12-4-7-14-5-2-1-3-6-14/h1-11H,12-13H2,(H,21,22,24). The number of anilines is 1. The van der Waals surface area contributed by atoms with Crippen molar-refractivity contribution >= 4 is 51.8 Å². The number of nitrogens with zero attached hydrogens (tertiary/aromatic N) is 2. The molecule has 0 saturated carbocycles. The summed E-state index contributed by atoms with van der Waals surface area (Å²) in [6.45, 7) is -0.108. The molecule has 0 unspecified atom stereocenters. The van der Waals surface area contributed by atoms with E-state index in [0.29, 0.717) is 15.9 Å². The van der Waals surface area contributed by atoms with Crippen LogP contribution in [-0.4, -0.2) is 28.5 Å². The van der Waals surface area contributed by atoms with Crippen LogP contribution in [0.4, 0.5) is 5.13 Å². The number of carbonyl (C=O) groups excluding carboxylic acids is 1. The van der Waals surface area contributed by atoms with Gasteiger partial charge in [0.1, 0.15) is 5.75 Å². The van der Waals surface area contributed by atoms with E-state index >= 15 is 0 Å². The zero-order chi connectivity index (χ0) is 18.9. The summed E-state index contributed by atoms with van der Waals surface area (Å²) in [6.07, 6.45) is 4.13. The van der Waals surface area contributed by atoms with E-state index in [4.69, 9.17) is 16.3 Å². The summed E-state index contributed by atoms with van der Waals surface area (Å²) < 4.78 is 6.19. The summed E-state index contributed by atoms with van der Waals surface area (Å²) in [5.41, 5.74) is 1.16. The first-order valence-corrected chi connectivity index (χ1v) is 10.2. The summed E-state index contributed by atoms with van der Waals surface area (Å²) >= 11 is 8.70. The van der Waals surface area contributed by atoms with Crippen molar-refractivity contribution in [3.05, 3.63) is 71.3 Å². The molecule has 0 aliphatic heterocycles. The van der Waals surface area contributed by atoms with Gasteiger partial charge in [-0.2, -0.15) is 0 Å². The van der Waals surface area contributed by atoms with Gasteiger partial charge >= 0.3 is 0 Å². The van der Waals surface area contributed by atoms with E-state index < -0.39 is 0 Å². The van der Waals surface area contributed by atoms with Crippen LogP contribution in [0.5, 0.6) is 5.75 Å². The number of hydrogen-bond donors (Lipinski definition) is 1. The van der Waals surface area contributed by atoms with Crippen LogP contribution < -0.4 is 10.1 Å². The summed E-state index contributed by atoms with van der Waals surface area (Å²) in [4.78, 5) is 11.9. The lowest BCUT2D eigenvalue weighted by atomic mass is 10.2. The third-order valence-electron chi connectivity index (χ3n) is 3.25. The second-order valence-electron chi connectivity index (χ2n) is 5.29. The number of thioether (sulfide) groups is 1. The predicted octanol–water partition coefficient (Wildman–Crippen LogP) is 5.01. The van der Waals surface area contributed by atoms with E-state index in [0.717, 1.165) is 15.7 Å². The van der Waals surface area contributed by atoms with Crippen molar-refractivity contribution in [2.24, 2.45) is 0 Å². The minimum Gasteiger partial charge on any atom is -0.484 e. The van der Waals surface area contributed by atoms with Gasteiger partial charge in [0.15, 0.2) is 10.9 Å². The third kappa shape index (κ3) is 6.71. The molecule has 3 aromatic rings. The minimum atomic E-state index is -0.290. The molecule has 27 heavy (non-hydrogen) atoms. The molecule has 0 aliphatic rings. The van der Waals surface area contributed by atoms with E-state index in [1.807, 2.05) is 30.3 Å². The molecule has 1 amide bonds. The smallest absolute Gasteiger partial charge is 0.264 e. The molecular formula is C19H16ClN3O2S2. The Balaban J connectivity index is 1.41. The van der Waals surface area contributed by atoms with Crippen LogP contribution in [0.1, 0.15) is 5.56 Å². The van der Waals surface area contributed by atoms with E-state index in [1.54, 1.807) is 36.0 Å². The maximum atomic E-state index is 11.9. The van der Waals surface area contributed by atoms with Gasteiger partial charge in [0, 0.05) is 10.8 Å². The topological polar surface area (TPSA) is 64.1 Å². The van der Waals surface area contributed by atoms with Gasteiger partial charge in [0.25, 0.3) is 5.91 Å². The zero-order valence-corrected chi connectivity index (χ0v) is 16.6. The third-order valence-corrected chi connectivity index (χ3v) is 5.43. The lowest BCUT2D eigenvalue weighted by molar-refractivity contribution is -0.118. The molecule has 8 heteroatoms. The number of ether oxygens (including phenoxy) is 1. The van der Waals surface area contributed by atoms with Crippen molar-refractivity contribution < 1.29 is 9.53 Å². The molecule has 0 aliphatic carbocycles. The molecule has 0 radical (unpaired) electrons. The molecule has 1 heterocycles. The quantitative estimate of drug-likeness (QED) is 0.412. The van der Waals surface area contributed by atoms with Gasteiger partial charge in [0.05, 0.1) is 0 Å². The van der Waals surface area contributed by atoms with E-state index in [1.165, 1.54) is 11.3 Å². The number of halogens is 1. The van der Waals surface area contributed by atoms with Crippen molar-refractivity contribution in [3.63, 3.8) is 0 Å². The Hall–Kier alpha value is -2.35. The minimum absolute atomic E-state index is 0.108. The summed E-state index contributed by atoms with van der Waals surface area (Å²) in [7, 11) is 0. The summed E-state index contributed by atoms with van der Waals surface area (Å²) in [5.74, 6) is 1.06. The van der Waals surface area contributed by atoms with Crippen molar-refractivity contribution in [1.82, 2.24) is 10.2 Å². The molecule has 0 fully saturated rings. The highest BCUT2D eigenvalue weighted by Gasteiger charge is 2.09. The lowest BCUT2D eigenvalue weighted by Crippen LogP contribution is -2.20. The van der Waals surface area contributed by atoms with Crippen LogP contribution in [0.2, 0.25) is 5.02 Å². The molecule has 2 aromatic carbocycles. The largest absolute Gasteiger partial charge is 0.484 e. The molecule has 0 spiro atoms. The normalized spacial score (nSPS) is 10.9. The fraction of sp³-hybridized carbons (Fsp3) is 0.105. The molecule has 138 valence electrons. The Bertz CT molecular complexity index is 899. The molecule has 3 rings (SSSR count). The number of nitrogens with one attached hydrogen (secondary N) is 1. The fourth-order valence-electron chi connectivity index (χ4n) is 2.02. The highest BCUT2D eigenvalue weighted by atomic mass is 35.5. The first kappa shape index (κ1) is 19.4. The Morgan fingerprint density at radius 2 is 1.93 bits per heavy atom. The fourth-order valence-corrected chi connectivity index (χ4v) is 3.75. The van der Waals surface area contributed by atoms with Crippen LogP contribution in [0.15, 0.2) is 65.0 Å². The number of rotatable bonds is 8. The van der Waals surface area contributed by atoms with Gasteiger partial charge in [-0.25, -0.2) is 0 Å². The average molecular weight is 418 g/mol. The van der Waals surface area contributed by atoms with E-state index in [2.05, 4.69) is 27.7 Å². The maximum Gasteiger partial charge on any atom is 0.264 e. The Morgan fingerprint density at radius 1 is 1.15 bits per heavy atom. The highest BCUT2D eigenvalue weighted by Crippen LogP contribution is 2.25. The van der Waals surface area contributed by atoms with Crippen LogP contribution in [0.25, 0.3) is 6.08 Å². The molecule has 1 N–H and O–H groups in total. The Labute approximate surface area is 170 Å².